The molecule has 0 bridgehead atoms. The summed E-state index contributed by atoms with van der Waals surface area (Å²) in [5.41, 5.74) is 1.41. The minimum Gasteiger partial charge on any atom is -0.374 e. The molecule has 2 aliphatic heterocycles. The molecule has 1 aliphatic carbocycles. The first-order valence-corrected chi connectivity index (χ1v) is 9.20. The van der Waals surface area contributed by atoms with Crippen LogP contribution < -0.4 is 5.32 Å². The molecule has 2 atom stereocenters. The molecule has 122 valence electrons. The number of nitrogens with one attached hydrogen (secondary N) is 1. The summed E-state index contributed by atoms with van der Waals surface area (Å²) >= 11 is 1.51. The lowest BCUT2D eigenvalue weighted by Crippen LogP contribution is -2.54. The van der Waals surface area contributed by atoms with Crippen LogP contribution >= 0.6 is 11.8 Å². The number of thioether (sulfide) groups is 1. The Morgan fingerprint density at radius 2 is 2.17 bits per heavy atom. The van der Waals surface area contributed by atoms with Crippen LogP contribution in [0.5, 0.6) is 0 Å². The number of hydrogen-bond donors (Lipinski definition) is 1. The first-order chi connectivity index (χ1) is 11.2. The largest absolute Gasteiger partial charge is 0.374 e. The predicted octanol–water partition coefficient (Wildman–Crippen LogP) is 2.51. The van der Waals surface area contributed by atoms with E-state index in [0.29, 0.717) is 24.5 Å². The van der Waals surface area contributed by atoms with Gasteiger partial charge >= 0.3 is 0 Å². The van der Waals surface area contributed by atoms with E-state index < -0.39 is 0 Å². The molecule has 2 heterocycles. The second-order valence-corrected chi connectivity index (χ2v) is 7.32. The maximum Gasteiger partial charge on any atom is 0.254 e. The highest BCUT2D eigenvalue weighted by Gasteiger charge is 2.37. The van der Waals surface area contributed by atoms with Gasteiger partial charge in [0.1, 0.15) is 0 Å². The number of benzene rings is 1. The normalized spacial score (nSPS) is 27.0. The molecule has 1 N–H and O–H groups in total. The Balaban J connectivity index is 1.58. The summed E-state index contributed by atoms with van der Waals surface area (Å²) in [6.45, 7) is 1.27. The third-order valence-corrected chi connectivity index (χ3v) is 5.93. The molecule has 1 aromatic carbocycles. The van der Waals surface area contributed by atoms with Gasteiger partial charge in [-0.3, -0.25) is 9.59 Å². The van der Waals surface area contributed by atoms with Crippen LogP contribution in [0.1, 0.15) is 36.0 Å². The second-order valence-electron chi connectivity index (χ2n) is 6.31. The van der Waals surface area contributed by atoms with Crippen molar-refractivity contribution in [2.45, 2.75) is 42.7 Å². The number of nitrogens with zero attached hydrogens (tertiary/aromatic N) is 1. The second kappa shape index (κ2) is 6.17. The lowest BCUT2D eigenvalue weighted by molar-refractivity contribution is -0.113. The van der Waals surface area contributed by atoms with Crippen LogP contribution in [0, 0.1) is 0 Å². The van der Waals surface area contributed by atoms with Gasteiger partial charge in [-0.2, -0.15) is 0 Å². The zero-order valence-corrected chi connectivity index (χ0v) is 13.7. The van der Waals surface area contributed by atoms with Crippen molar-refractivity contribution in [2.75, 3.05) is 24.2 Å². The van der Waals surface area contributed by atoms with Crippen molar-refractivity contribution in [3.05, 3.63) is 23.8 Å². The Hall–Kier alpha value is -1.53. The molecule has 1 saturated carbocycles. The molecular weight excluding hydrogens is 312 g/mol. The zero-order valence-electron chi connectivity index (χ0n) is 12.9. The smallest absolute Gasteiger partial charge is 0.254 e. The number of carbonyl (C=O) groups is 2. The fourth-order valence-electron chi connectivity index (χ4n) is 3.73. The van der Waals surface area contributed by atoms with Gasteiger partial charge in [-0.15, -0.1) is 11.8 Å². The third kappa shape index (κ3) is 2.85. The van der Waals surface area contributed by atoms with E-state index in [1.807, 2.05) is 23.1 Å². The molecule has 0 unspecified atom stereocenters. The van der Waals surface area contributed by atoms with Gasteiger partial charge in [0, 0.05) is 17.0 Å². The van der Waals surface area contributed by atoms with Gasteiger partial charge in [0.15, 0.2) is 0 Å². The average molecular weight is 332 g/mol. The maximum absolute atomic E-state index is 13.0. The monoisotopic (exact) mass is 332 g/mol. The minimum atomic E-state index is -0.00850. The number of morpholine rings is 1. The summed E-state index contributed by atoms with van der Waals surface area (Å²) in [5.74, 6) is 0.483. The molecule has 2 fully saturated rings. The molecule has 0 aromatic heterocycles. The number of ether oxygens (including phenoxy) is 1. The van der Waals surface area contributed by atoms with E-state index in [9.17, 15) is 9.59 Å². The van der Waals surface area contributed by atoms with E-state index in [2.05, 4.69) is 5.32 Å². The van der Waals surface area contributed by atoms with Crippen molar-refractivity contribution in [1.82, 2.24) is 4.90 Å². The number of carbonyl (C=O) groups excluding carboxylic acids is 2. The molecule has 0 radical (unpaired) electrons. The molecule has 6 heteroatoms. The maximum atomic E-state index is 13.0. The number of hydrogen-bond acceptors (Lipinski definition) is 4. The quantitative estimate of drug-likeness (QED) is 0.858. The van der Waals surface area contributed by atoms with Crippen molar-refractivity contribution >= 4 is 29.3 Å². The number of rotatable bonds is 1. The standard InChI is InChI=1S/C17H20N2O3S/c20-16-10-23-15-6-5-11(9-12(15)18-16)17(21)19-7-8-22-14-4-2-1-3-13(14)19/h5-6,9,13-14H,1-4,7-8,10H2,(H,18,20)/t13-,14+/m0/s1. The highest BCUT2D eigenvalue weighted by Crippen LogP contribution is 2.34. The molecule has 5 nitrogen and oxygen atoms in total. The van der Waals surface area contributed by atoms with E-state index in [4.69, 9.17) is 4.74 Å². The molecule has 23 heavy (non-hydrogen) atoms. The lowest BCUT2D eigenvalue weighted by Gasteiger charge is -2.43. The van der Waals surface area contributed by atoms with Crippen LogP contribution in [-0.4, -0.2) is 47.8 Å². The minimum absolute atomic E-state index is 0.00850. The van der Waals surface area contributed by atoms with Crippen molar-refractivity contribution < 1.29 is 14.3 Å². The summed E-state index contributed by atoms with van der Waals surface area (Å²) in [6.07, 6.45) is 4.60. The first-order valence-electron chi connectivity index (χ1n) is 8.21. The van der Waals surface area contributed by atoms with Crippen LogP contribution in [0.25, 0.3) is 0 Å². The SMILES string of the molecule is O=C1CSc2ccc(C(=O)N3CCO[C@@H]4CCCC[C@@H]43)cc2N1. The lowest BCUT2D eigenvalue weighted by atomic mass is 9.89. The van der Waals surface area contributed by atoms with Crippen LogP contribution in [0.3, 0.4) is 0 Å². The average Bonchev–Trinajstić information content (AvgIpc) is 2.60. The Kier molecular flexibility index (Phi) is 4.03. The van der Waals surface area contributed by atoms with Gasteiger partial charge in [0.05, 0.1) is 30.2 Å². The van der Waals surface area contributed by atoms with Gasteiger partial charge in [-0.1, -0.05) is 12.8 Å². The predicted molar refractivity (Wildman–Crippen MR) is 88.8 cm³/mol. The summed E-state index contributed by atoms with van der Waals surface area (Å²) < 4.78 is 5.85. The molecule has 3 aliphatic rings. The Morgan fingerprint density at radius 3 is 3.09 bits per heavy atom. The van der Waals surface area contributed by atoms with E-state index in [-0.39, 0.29) is 24.0 Å². The fourth-order valence-corrected chi connectivity index (χ4v) is 4.52. The van der Waals surface area contributed by atoms with Crippen molar-refractivity contribution in [1.29, 1.82) is 0 Å². The summed E-state index contributed by atoms with van der Waals surface area (Å²) in [7, 11) is 0. The van der Waals surface area contributed by atoms with Crippen molar-refractivity contribution in [3.8, 4) is 0 Å². The van der Waals surface area contributed by atoms with E-state index in [0.717, 1.165) is 29.8 Å². The van der Waals surface area contributed by atoms with Gasteiger partial charge in [-0.25, -0.2) is 0 Å². The van der Waals surface area contributed by atoms with Gasteiger partial charge < -0.3 is 15.0 Å². The summed E-state index contributed by atoms with van der Waals surface area (Å²) in [4.78, 5) is 27.5. The Labute approximate surface area is 139 Å². The highest BCUT2D eigenvalue weighted by atomic mass is 32.2. The Morgan fingerprint density at radius 1 is 1.30 bits per heavy atom. The zero-order chi connectivity index (χ0) is 15.8. The molecule has 2 amide bonds. The Bertz CT molecular complexity index is 647. The molecule has 0 spiro atoms. The topological polar surface area (TPSA) is 58.6 Å². The highest BCUT2D eigenvalue weighted by molar-refractivity contribution is 8.00. The van der Waals surface area contributed by atoms with Crippen LogP contribution in [0.4, 0.5) is 5.69 Å². The van der Waals surface area contributed by atoms with E-state index in [1.165, 1.54) is 18.2 Å². The van der Waals surface area contributed by atoms with Gasteiger partial charge in [0.2, 0.25) is 5.91 Å². The van der Waals surface area contributed by atoms with Crippen molar-refractivity contribution in [2.24, 2.45) is 0 Å². The van der Waals surface area contributed by atoms with Gasteiger partial charge in [-0.05, 0) is 31.0 Å². The fraction of sp³-hybridized carbons (Fsp3) is 0.529. The van der Waals surface area contributed by atoms with Gasteiger partial charge in [0.25, 0.3) is 5.91 Å². The molecule has 1 saturated heterocycles. The first kappa shape index (κ1) is 15.0. The molecular formula is C17H20N2O3S. The molecule has 4 rings (SSSR count). The number of fused-ring (bicyclic) bond motifs is 2. The van der Waals surface area contributed by atoms with Crippen LogP contribution in [0.15, 0.2) is 23.1 Å². The third-order valence-electron chi connectivity index (χ3n) is 4.85. The van der Waals surface area contributed by atoms with E-state index >= 15 is 0 Å². The van der Waals surface area contributed by atoms with E-state index in [1.54, 1.807) is 0 Å². The summed E-state index contributed by atoms with van der Waals surface area (Å²) in [5, 5.41) is 2.86. The van der Waals surface area contributed by atoms with Crippen LogP contribution in [-0.2, 0) is 9.53 Å². The molecule has 1 aromatic rings. The number of anilines is 1. The summed E-state index contributed by atoms with van der Waals surface area (Å²) in [6, 6.07) is 5.82. The number of amides is 2. The van der Waals surface area contributed by atoms with Crippen LogP contribution in [0.2, 0.25) is 0 Å². The van der Waals surface area contributed by atoms with Crippen molar-refractivity contribution in [3.63, 3.8) is 0 Å².